The van der Waals surface area contributed by atoms with Crippen LogP contribution in [-0.4, -0.2) is 52.6 Å². The van der Waals surface area contributed by atoms with Crippen LogP contribution in [0, 0.1) is 11.3 Å². The third-order valence-electron chi connectivity index (χ3n) is 4.23. The van der Waals surface area contributed by atoms with Gasteiger partial charge in [-0.3, -0.25) is 4.90 Å². The quantitative estimate of drug-likeness (QED) is 0.868. The Kier molecular flexibility index (Phi) is 4.23. The van der Waals surface area contributed by atoms with E-state index in [-0.39, 0.29) is 6.04 Å². The Balaban J connectivity index is 1.87. The molecular formula is C17H21N5. The monoisotopic (exact) mass is 295 g/mol. The normalized spacial score (nSPS) is 18.0. The molecule has 1 aliphatic heterocycles. The highest BCUT2D eigenvalue weighted by Gasteiger charge is 2.26. The van der Waals surface area contributed by atoms with E-state index < -0.39 is 0 Å². The fraction of sp³-hybridized carbons (Fsp3) is 0.412. The van der Waals surface area contributed by atoms with E-state index in [1.807, 2.05) is 48.1 Å². The lowest BCUT2D eigenvalue weighted by atomic mass is 10.2. The molecule has 3 rings (SSSR count). The Hall–Kier alpha value is -2.16. The van der Waals surface area contributed by atoms with E-state index >= 15 is 0 Å². The van der Waals surface area contributed by atoms with Crippen LogP contribution in [0.5, 0.6) is 0 Å². The Labute approximate surface area is 131 Å². The number of piperazine rings is 1. The van der Waals surface area contributed by atoms with Crippen LogP contribution in [0.15, 0.2) is 36.5 Å². The summed E-state index contributed by atoms with van der Waals surface area (Å²) in [6.45, 7) is 3.81. The molecule has 1 aliphatic rings. The van der Waals surface area contributed by atoms with Crippen LogP contribution < -0.4 is 0 Å². The van der Waals surface area contributed by atoms with Gasteiger partial charge in [0.1, 0.15) is 11.9 Å². The number of aryl methyl sites for hydroxylation is 1. The zero-order valence-corrected chi connectivity index (χ0v) is 13.1. The molecule has 0 aliphatic carbocycles. The highest BCUT2D eigenvalue weighted by atomic mass is 15.3. The minimum Gasteiger partial charge on any atom is -0.334 e. The number of nitrogens with zero attached hydrogens (tertiary/aromatic N) is 5. The van der Waals surface area contributed by atoms with E-state index in [4.69, 9.17) is 4.98 Å². The summed E-state index contributed by atoms with van der Waals surface area (Å²) in [6, 6.07) is 12.3. The molecule has 0 saturated carbocycles. The molecule has 2 heterocycles. The molecule has 0 spiro atoms. The molecule has 0 radical (unpaired) electrons. The van der Waals surface area contributed by atoms with Gasteiger partial charge in [0.25, 0.3) is 0 Å². The predicted octanol–water partition coefficient (Wildman–Crippen LogP) is 1.90. The van der Waals surface area contributed by atoms with Gasteiger partial charge in [-0.1, -0.05) is 30.3 Å². The number of likely N-dealkylation sites (N-methyl/N-ethyl adjacent to an activating group) is 1. The second kappa shape index (κ2) is 6.30. The van der Waals surface area contributed by atoms with Crippen molar-refractivity contribution in [3.8, 4) is 17.5 Å². The number of imidazole rings is 1. The maximum Gasteiger partial charge on any atom is 0.142 e. The lowest BCUT2D eigenvalue weighted by Gasteiger charge is -2.34. The van der Waals surface area contributed by atoms with Crippen molar-refractivity contribution in [1.82, 2.24) is 19.4 Å². The second-order valence-corrected chi connectivity index (χ2v) is 5.84. The van der Waals surface area contributed by atoms with Crippen molar-refractivity contribution in [2.24, 2.45) is 7.05 Å². The van der Waals surface area contributed by atoms with Gasteiger partial charge in [0.15, 0.2) is 0 Å². The summed E-state index contributed by atoms with van der Waals surface area (Å²) < 4.78 is 2.01. The Morgan fingerprint density at radius 1 is 1.09 bits per heavy atom. The number of aromatic nitrogens is 2. The molecule has 5 heteroatoms. The molecule has 1 atom stereocenters. The van der Waals surface area contributed by atoms with Crippen molar-refractivity contribution in [2.45, 2.75) is 6.04 Å². The number of nitriles is 1. The molecule has 0 amide bonds. The van der Waals surface area contributed by atoms with Gasteiger partial charge in [-0.15, -0.1) is 0 Å². The average molecular weight is 295 g/mol. The first kappa shape index (κ1) is 14.8. The minimum absolute atomic E-state index is 0.266. The number of rotatable bonds is 3. The van der Waals surface area contributed by atoms with Crippen molar-refractivity contribution in [3.63, 3.8) is 0 Å². The third-order valence-corrected chi connectivity index (χ3v) is 4.23. The van der Waals surface area contributed by atoms with Crippen LogP contribution in [0.1, 0.15) is 11.7 Å². The summed E-state index contributed by atoms with van der Waals surface area (Å²) in [6.07, 6.45) is 1.98. The summed E-state index contributed by atoms with van der Waals surface area (Å²) in [5.41, 5.74) is 1.92. The zero-order chi connectivity index (χ0) is 15.5. The summed E-state index contributed by atoms with van der Waals surface area (Å²) in [5.74, 6) is 0.907. The topological polar surface area (TPSA) is 48.1 Å². The van der Waals surface area contributed by atoms with Gasteiger partial charge in [0.2, 0.25) is 0 Å². The minimum atomic E-state index is -0.266. The molecule has 0 N–H and O–H groups in total. The van der Waals surface area contributed by atoms with E-state index in [0.29, 0.717) is 0 Å². The number of hydrogen-bond acceptors (Lipinski definition) is 4. The molecular weight excluding hydrogens is 274 g/mol. The van der Waals surface area contributed by atoms with Gasteiger partial charge in [-0.25, -0.2) is 4.98 Å². The molecule has 1 aromatic heterocycles. The molecule has 1 fully saturated rings. The molecule has 5 nitrogen and oxygen atoms in total. The lowest BCUT2D eigenvalue weighted by molar-refractivity contribution is 0.131. The smallest absolute Gasteiger partial charge is 0.142 e. The van der Waals surface area contributed by atoms with E-state index in [2.05, 4.69) is 22.9 Å². The van der Waals surface area contributed by atoms with E-state index in [1.54, 1.807) is 0 Å². The van der Waals surface area contributed by atoms with E-state index in [9.17, 15) is 5.26 Å². The van der Waals surface area contributed by atoms with Crippen LogP contribution >= 0.6 is 0 Å². The van der Waals surface area contributed by atoms with Gasteiger partial charge >= 0.3 is 0 Å². The van der Waals surface area contributed by atoms with Crippen LogP contribution in [-0.2, 0) is 7.05 Å². The first-order chi connectivity index (χ1) is 10.7. The van der Waals surface area contributed by atoms with Gasteiger partial charge in [0, 0.05) is 45.0 Å². The van der Waals surface area contributed by atoms with Gasteiger partial charge in [-0.2, -0.15) is 5.26 Å². The molecule has 1 unspecified atom stereocenters. The van der Waals surface area contributed by atoms with Crippen molar-refractivity contribution in [1.29, 1.82) is 5.26 Å². The summed E-state index contributed by atoms with van der Waals surface area (Å²) in [4.78, 5) is 9.24. The van der Waals surface area contributed by atoms with Crippen LogP contribution in [0.4, 0.5) is 0 Å². The highest BCUT2D eigenvalue weighted by Crippen LogP contribution is 2.24. The molecule has 1 saturated heterocycles. The highest BCUT2D eigenvalue weighted by molar-refractivity contribution is 5.55. The predicted molar refractivity (Wildman–Crippen MR) is 86.1 cm³/mol. The first-order valence-corrected chi connectivity index (χ1v) is 7.60. The molecule has 0 bridgehead atoms. The molecule has 2 aromatic rings. The van der Waals surface area contributed by atoms with Crippen molar-refractivity contribution in [3.05, 3.63) is 42.2 Å². The summed E-state index contributed by atoms with van der Waals surface area (Å²) in [5, 5.41) is 9.61. The van der Waals surface area contributed by atoms with Crippen LogP contribution in [0.2, 0.25) is 0 Å². The lowest BCUT2D eigenvalue weighted by Crippen LogP contribution is -2.45. The Bertz CT molecular complexity index is 662. The van der Waals surface area contributed by atoms with Gasteiger partial charge in [0.05, 0.1) is 11.8 Å². The van der Waals surface area contributed by atoms with Gasteiger partial charge < -0.3 is 9.47 Å². The van der Waals surface area contributed by atoms with Gasteiger partial charge in [-0.05, 0) is 7.05 Å². The van der Waals surface area contributed by atoms with Crippen LogP contribution in [0.25, 0.3) is 11.4 Å². The fourth-order valence-corrected chi connectivity index (χ4v) is 2.89. The maximum absolute atomic E-state index is 9.61. The van der Waals surface area contributed by atoms with Crippen molar-refractivity contribution in [2.75, 3.05) is 33.2 Å². The van der Waals surface area contributed by atoms with E-state index in [1.165, 1.54) is 0 Å². The fourth-order valence-electron chi connectivity index (χ4n) is 2.89. The SMILES string of the molecule is CN1CCN(C(C#N)c2cn(C)c(-c3ccccc3)n2)CC1. The summed E-state index contributed by atoms with van der Waals surface area (Å²) in [7, 11) is 4.10. The molecule has 114 valence electrons. The van der Waals surface area contributed by atoms with Crippen molar-refractivity contribution < 1.29 is 0 Å². The standard InChI is InChI=1S/C17H21N5/c1-20-8-10-22(11-9-20)16(12-18)15-13-21(2)17(19-15)14-6-4-3-5-7-14/h3-7,13,16H,8-11H2,1-2H3. The second-order valence-electron chi connectivity index (χ2n) is 5.84. The third kappa shape index (κ3) is 2.89. The number of hydrogen-bond donors (Lipinski definition) is 0. The van der Waals surface area contributed by atoms with Crippen molar-refractivity contribution >= 4 is 0 Å². The Morgan fingerprint density at radius 3 is 2.41 bits per heavy atom. The largest absolute Gasteiger partial charge is 0.334 e. The summed E-state index contributed by atoms with van der Waals surface area (Å²) >= 11 is 0. The van der Waals surface area contributed by atoms with Crippen LogP contribution in [0.3, 0.4) is 0 Å². The molecule has 1 aromatic carbocycles. The number of benzene rings is 1. The van der Waals surface area contributed by atoms with E-state index in [0.717, 1.165) is 43.3 Å². The first-order valence-electron chi connectivity index (χ1n) is 7.60. The molecule has 22 heavy (non-hydrogen) atoms. The zero-order valence-electron chi connectivity index (χ0n) is 13.1. The average Bonchev–Trinajstić information content (AvgIpc) is 2.92. The maximum atomic E-state index is 9.61. The Morgan fingerprint density at radius 2 is 1.77 bits per heavy atom.